The molecular formula is C18H25NS. The monoisotopic (exact) mass is 287 g/mol. The maximum absolute atomic E-state index is 2.77. The van der Waals surface area contributed by atoms with Gasteiger partial charge in [-0.1, -0.05) is 37.5 Å². The largest absolute Gasteiger partial charge is 0.302 e. The molecule has 0 radical (unpaired) electrons. The lowest BCUT2D eigenvalue weighted by Crippen LogP contribution is -2.44. The average molecular weight is 287 g/mol. The van der Waals surface area contributed by atoms with Crippen LogP contribution in [0.3, 0.4) is 0 Å². The van der Waals surface area contributed by atoms with E-state index in [1.807, 2.05) is 0 Å². The molecular weight excluding hydrogens is 262 g/mol. The van der Waals surface area contributed by atoms with Crippen molar-refractivity contribution in [3.05, 3.63) is 29.8 Å². The van der Waals surface area contributed by atoms with E-state index in [-0.39, 0.29) is 0 Å². The molecule has 1 aromatic carbocycles. The van der Waals surface area contributed by atoms with Gasteiger partial charge in [0.15, 0.2) is 0 Å². The number of benzene rings is 1. The van der Waals surface area contributed by atoms with Crippen molar-refractivity contribution >= 4 is 11.8 Å². The van der Waals surface area contributed by atoms with Crippen molar-refractivity contribution in [2.75, 3.05) is 19.6 Å². The molecule has 0 spiro atoms. The normalized spacial score (nSPS) is 33.7. The Morgan fingerprint density at radius 2 is 1.90 bits per heavy atom. The summed E-state index contributed by atoms with van der Waals surface area (Å²) in [7, 11) is 0. The Balaban J connectivity index is 1.35. The lowest BCUT2D eigenvalue weighted by Gasteiger charge is -2.42. The molecule has 108 valence electrons. The van der Waals surface area contributed by atoms with Gasteiger partial charge in [0.1, 0.15) is 0 Å². The van der Waals surface area contributed by atoms with Gasteiger partial charge in [0, 0.05) is 23.2 Å². The minimum absolute atomic E-state index is 0.799. The number of hydrogen-bond acceptors (Lipinski definition) is 2. The van der Waals surface area contributed by atoms with E-state index in [9.17, 15) is 0 Å². The summed E-state index contributed by atoms with van der Waals surface area (Å²) in [4.78, 5) is 4.31. The molecule has 3 atom stereocenters. The van der Waals surface area contributed by atoms with Gasteiger partial charge < -0.3 is 4.90 Å². The molecule has 1 nitrogen and oxygen atoms in total. The second kappa shape index (κ2) is 5.73. The Bertz CT molecular complexity index is 447. The van der Waals surface area contributed by atoms with Gasteiger partial charge >= 0.3 is 0 Å². The zero-order chi connectivity index (χ0) is 13.4. The van der Waals surface area contributed by atoms with Crippen molar-refractivity contribution in [3.63, 3.8) is 0 Å². The van der Waals surface area contributed by atoms with E-state index in [0.29, 0.717) is 0 Å². The first-order valence-electron chi connectivity index (χ1n) is 8.35. The number of thioether (sulfide) groups is 1. The Morgan fingerprint density at radius 3 is 2.80 bits per heavy atom. The van der Waals surface area contributed by atoms with Crippen molar-refractivity contribution in [1.29, 1.82) is 0 Å². The molecule has 3 unspecified atom stereocenters. The van der Waals surface area contributed by atoms with Crippen molar-refractivity contribution in [2.45, 2.75) is 48.7 Å². The van der Waals surface area contributed by atoms with Crippen LogP contribution in [0.4, 0.5) is 0 Å². The fourth-order valence-corrected chi connectivity index (χ4v) is 5.85. The van der Waals surface area contributed by atoms with Crippen LogP contribution in [0.1, 0.15) is 37.7 Å². The first-order valence-corrected chi connectivity index (χ1v) is 9.23. The number of likely N-dealkylation sites (tertiary alicyclic amines) is 1. The van der Waals surface area contributed by atoms with Crippen LogP contribution in [0.25, 0.3) is 0 Å². The predicted octanol–water partition coefficient (Wildman–Crippen LogP) is 4.22. The van der Waals surface area contributed by atoms with Crippen molar-refractivity contribution < 1.29 is 0 Å². The summed E-state index contributed by atoms with van der Waals surface area (Å²) in [5, 5.41) is 0.799. The Labute approximate surface area is 127 Å². The molecule has 1 saturated heterocycles. The number of rotatable bonds is 2. The lowest BCUT2D eigenvalue weighted by molar-refractivity contribution is 0.0874. The van der Waals surface area contributed by atoms with Crippen LogP contribution in [-0.4, -0.2) is 29.8 Å². The molecule has 0 aromatic heterocycles. The van der Waals surface area contributed by atoms with Crippen LogP contribution in [0.5, 0.6) is 0 Å². The van der Waals surface area contributed by atoms with E-state index in [4.69, 9.17) is 0 Å². The summed E-state index contributed by atoms with van der Waals surface area (Å²) in [6, 6.07) is 8.99. The summed E-state index contributed by atoms with van der Waals surface area (Å²) < 4.78 is 0. The highest BCUT2D eigenvalue weighted by atomic mass is 32.2. The first-order chi connectivity index (χ1) is 9.88. The van der Waals surface area contributed by atoms with Gasteiger partial charge in [0.05, 0.1) is 0 Å². The molecule has 2 aliphatic heterocycles. The maximum atomic E-state index is 2.77. The summed E-state index contributed by atoms with van der Waals surface area (Å²) in [5.74, 6) is 2.08. The van der Waals surface area contributed by atoms with Gasteiger partial charge in [-0.3, -0.25) is 0 Å². The third-order valence-electron chi connectivity index (χ3n) is 5.55. The summed E-state index contributed by atoms with van der Waals surface area (Å²) in [6.07, 6.45) is 8.75. The topological polar surface area (TPSA) is 3.24 Å². The fraction of sp³-hybridized carbons (Fsp3) is 0.667. The second-order valence-corrected chi connectivity index (χ2v) is 8.25. The van der Waals surface area contributed by atoms with Gasteiger partial charge in [-0.05, 0) is 49.3 Å². The highest BCUT2D eigenvalue weighted by molar-refractivity contribution is 8.00. The molecule has 1 aromatic rings. The molecule has 2 heteroatoms. The van der Waals surface area contributed by atoms with Crippen molar-refractivity contribution in [2.24, 2.45) is 11.8 Å². The molecule has 20 heavy (non-hydrogen) atoms. The zero-order valence-electron chi connectivity index (χ0n) is 12.3. The number of hydrogen-bond donors (Lipinski definition) is 0. The number of piperidine rings is 1. The summed E-state index contributed by atoms with van der Waals surface area (Å²) in [5.41, 5.74) is 1.58. The molecule has 1 saturated carbocycles. The Hall–Kier alpha value is -0.470. The van der Waals surface area contributed by atoms with E-state index in [2.05, 4.69) is 40.9 Å². The smallest absolute Gasteiger partial charge is 0.0263 e. The van der Waals surface area contributed by atoms with E-state index < -0.39 is 0 Å². The van der Waals surface area contributed by atoms with Gasteiger partial charge in [-0.15, -0.1) is 11.8 Å². The van der Waals surface area contributed by atoms with E-state index in [0.717, 1.165) is 17.1 Å². The van der Waals surface area contributed by atoms with Gasteiger partial charge in [-0.25, -0.2) is 0 Å². The molecule has 1 aliphatic carbocycles. The number of fused-ring (bicyclic) bond motifs is 2. The van der Waals surface area contributed by atoms with E-state index in [1.165, 1.54) is 63.1 Å². The molecule has 3 aliphatic rings. The van der Waals surface area contributed by atoms with Crippen LogP contribution in [0, 0.1) is 11.8 Å². The maximum Gasteiger partial charge on any atom is 0.0263 e. The Kier molecular flexibility index (Phi) is 3.78. The third kappa shape index (κ3) is 2.65. The first kappa shape index (κ1) is 13.2. The molecule has 2 heterocycles. The van der Waals surface area contributed by atoms with Crippen molar-refractivity contribution in [3.8, 4) is 0 Å². The molecule has 0 amide bonds. The van der Waals surface area contributed by atoms with Crippen LogP contribution in [0.2, 0.25) is 0 Å². The van der Waals surface area contributed by atoms with Gasteiger partial charge in [0.2, 0.25) is 0 Å². The lowest BCUT2D eigenvalue weighted by atomic mass is 9.75. The summed E-state index contributed by atoms with van der Waals surface area (Å²) >= 11 is 2.12. The predicted molar refractivity (Wildman–Crippen MR) is 86.3 cm³/mol. The minimum atomic E-state index is 0.799. The highest BCUT2D eigenvalue weighted by Gasteiger charge is 2.32. The van der Waals surface area contributed by atoms with Gasteiger partial charge in [-0.2, -0.15) is 0 Å². The van der Waals surface area contributed by atoms with Gasteiger partial charge in [0.25, 0.3) is 0 Å². The van der Waals surface area contributed by atoms with Crippen LogP contribution in [0.15, 0.2) is 29.2 Å². The second-order valence-electron chi connectivity index (χ2n) is 6.90. The molecule has 0 N–H and O–H groups in total. The van der Waals surface area contributed by atoms with E-state index in [1.54, 1.807) is 5.56 Å². The molecule has 4 rings (SSSR count). The Morgan fingerprint density at radius 1 is 1.05 bits per heavy atom. The standard InChI is InChI=1S/C18H25NS/c1-2-7-16-12-19(10-9-14(16)5-1)13-17-11-15-6-3-4-8-18(15)20-17/h3-4,6,8,14,16-17H,1-2,5,7,9-13H2. The number of nitrogens with zero attached hydrogens (tertiary/aromatic N) is 1. The highest BCUT2D eigenvalue weighted by Crippen LogP contribution is 2.39. The molecule has 0 bridgehead atoms. The quantitative estimate of drug-likeness (QED) is 0.801. The average Bonchev–Trinajstić information content (AvgIpc) is 2.89. The zero-order valence-corrected chi connectivity index (χ0v) is 13.1. The minimum Gasteiger partial charge on any atom is -0.302 e. The SMILES string of the molecule is c1ccc2c(c1)CC(CN1CCC3CCCCC3C1)S2. The van der Waals surface area contributed by atoms with Crippen LogP contribution >= 0.6 is 11.8 Å². The van der Waals surface area contributed by atoms with Crippen LogP contribution < -0.4 is 0 Å². The third-order valence-corrected chi connectivity index (χ3v) is 6.85. The summed E-state index contributed by atoms with van der Waals surface area (Å²) in [6.45, 7) is 4.05. The van der Waals surface area contributed by atoms with Crippen LogP contribution in [-0.2, 0) is 6.42 Å². The molecule has 2 fully saturated rings. The van der Waals surface area contributed by atoms with Crippen molar-refractivity contribution in [1.82, 2.24) is 4.90 Å². The fourth-order valence-electron chi connectivity index (χ4n) is 4.49. The van der Waals surface area contributed by atoms with E-state index >= 15 is 0 Å².